The van der Waals surface area contributed by atoms with Crippen LogP contribution >= 0.6 is 22.7 Å². The number of sulfonamides is 1. The first-order valence-electron chi connectivity index (χ1n) is 10.7. The van der Waals surface area contributed by atoms with Crippen molar-refractivity contribution >= 4 is 59.2 Å². The lowest BCUT2D eigenvalue weighted by molar-refractivity contribution is 0.0531. The standard InChI is InChI=1S/C22H25N3O5S3/c1-4-30-21(27)18-14(3)17-20(31-18)24-22(32-17)23-19(26)15-5-7-16(8-6-15)33(28,29)25-11-9-13(2)10-12-25/h5-8,13H,4,9-12H2,1-3H3,(H,23,24,26). The van der Waals surface area contributed by atoms with Gasteiger partial charge < -0.3 is 4.74 Å². The van der Waals surface area contributed by atoms with Crippen LogP contribution in [0.3, 0.4) is 0 Å². The molecule has 0 unspecified atom stereocenters. The quantitative estimate of drug-likeness (QED) is 0.492. The van der Waals surface area contributed by atoms with Gasteiger partial charge in [-0.1, -0.05) is 18.3 Å². The van der Waals surface area contributed by atoms with E-state index < -0.39 is 10.0 Å². The summed E-state index contributed by atoms with van der Waals surface area (Å²) in [4.78, 5) is 30.5. The number of amides is 1. The van der Waals surface area contributed by atoms with E-state index in [1.807, 2.05) is 6.92 Å². The molecule has 0 aliphatic carbocycles. The monoisotopic (exact) mass is 507 g/mol. The zero-order chi connectivity index (χ0) is 23.8. The molecular formula is C22H25N3O5S3. The first kappa shape index (κ1) is 23.8. The fourth-order valence-corrected chi connectivity index (χ4v) is 7.33. The zero-order valence-corrected chi connectivity index (χ0v) is 21.0. The number of nitrogens with zero attached hydrogens (tertiary/aromatic N) is 2. The van der Waals surface area contributed by atoms with Crippen molar-refractivity contribution in [3.63, 3.8) is 0 Å². The van der Waals surface area contributed by atoms with Crippen LogP contribution in [-0.4, -0.2) is 49.3 Å². The number of hydrogen-bond donors (Lipinski definition) is 1. The number of esters is 1. The van der Waals surface area contributed by atoms with Crippen molar-refractivity contribution in [1.29, 1.82) is 0 Å². The molecule has 176 valence electrons. The van der Waals surface area contributed by atoms with Crippen molar-refractivity contribution in [1.82, 2.24) is 9.29 Å². The number of thiazole rings is 1. The van der Waals surface area contributed by atoms with Gasteiger partial charge in [-0.25, -0.2) is 18.2 Å². The van der Waals surface area contributed by atoms with Crippen LogP contribution in [0.5, 0.6) is 0 Å². The van der Waals surface area contributed by atoms with Crippen molar-refractivity contribution in [2.75, 3.05) is 25.0 Å². The number of carbonyl (C=O) groups excluding carboxylic acids is 2. The Bertz CT molecular complexity index is 1290. The highest BCUT2D eigenvalue weighted by molar-refractivity contribution is 7.89. The highest BCUT2D eigenvalue weighted by Gasteiger charge is 2.28. The Labute approximate surface area is 200 Å². The van der Waals surface area contributed by atoms with Gasteiger partial charge in [0.15, 0.2) is 5.13 Å². The van der Waals surface area contributed by atoms with E-state index in [0.717, 1.165) is 23.1 Å². The second-order valence-electron chi connectivity index (χ2n) is 8.00. The lowest BCUT2D eigenvalue weighted by atomic mass is 10.0. The Morgan fingerprint density at radius 1 is 1.18 bits per heavy atom. The fourth-order valence-electron chi connectivity index (χ4n) is 3.66. The molecular weight excluding hydrogens is 482 g/mol. The predicted octanol–water partition coefficient (Wildman–Crippen LogP) is 4.52. The molecule has 3 aromatic rings. The summed E-state index contributed by atoms with van der Waals surface area (Å²) >= 11 is 2.52. The van der Waals surface area contributed by atoms with Crippen LogP contribution < -0.4 is 5.32 Å². The van der Waals surface area contributed by atoms with Crippen LogP contribution in [0.4, 0.5) is 5.13 Å². The van der Waals surface area contributed by atoms with Crippen molar-refractivity contribution in [3.8, 4) is 0 Å². The van der Waals surface area contributed by atoms with Crippen LogP contribution in [0, 0.1) is 12.8 Å². The summed E-state index contributed by atoms with van der Waals surface area (Å²) in [5.74, 6) is -0.218. The smallest absolute Gasteiger partial charge is 0.348 e. The van der Waals surface area contributed by atoms with Gasteiger partial charge in [-0.2, -0.15) is 4.31 Å². The molecule has 0 radical (unpaired) electrons. The minimum Gasteiger partial charge on any atom is -0.462 e. The minimum absolute atomic E-state index is 0.186. The molecule has 1 N–H and O–H groups in total. The summed E-state index contributed by atoms with van der Waals surface area (Å²) in [6.45, 7) is 7.05. The summed E-state index contributed by atoms with van der Waals surface area (Å²) in [6.07, 6.45) is 1.71. The highest BCUT2D eigenvalue weighted by atomic mass is 32.2. The third-order valence-electron chi connectivity index (χ3n) is 5.65. The van der Waals surface area contributed by atoms with E-state index >= 15 is 0 Å². The zero-order valence-electron chi connectivity index (χ0n) is 18.6. The number of thiophene rings is 1. The maximum Gasteiger partial charge on any atom is 0.348 e. The SMILES string of the molecule is CCOC(=O)c1sc2nc(NC(=O)c3ccc(S(=O)(=O)N4CCC(C)CC4)cc3)sc2c1C. The molecule has 4 rings (SSSR count). The lowest BCUT2D eigenvalue weighted by Crippen LogP contribution is -2.37. The van der Waals surface area contributed by atoms with E-state index in [-0.39, 0.29) is 16.8 Å². The topological polar surface area (TPSA) is 106 Å². The third kappa shape index (κ3) is 4.81. The molecule has 1 aromatic carbocycles. The molecule has 1 saturated heterocycles. The molecule has 11 heteroatoms. The van der Waals surface area contributed by atoms with Crippen LogP contribution in [0.2, 0.25) is 0 Å². The molecule has 1 fully saturated rings. The largest absolute Gasteiger partial charge is 0.462 e. The Kier molecular flexibility index (Phi) is 6.85. The summed E-state index contributed by atoms with van der Waals surface area (Å²) < 4.78 is 33.1. The molecule has 0 spiro atoms. The normalized spacial score (nSPS) is 15.6. The van der Waals surface area contributed by atoms with Gasteiger partial charge in [0.2, 0.25) is 10.0 Å². The third-order valence-corrected chi connectivity index (χ3v) is 9.95. The summed E-state index contributed by atoms with van der Waals surface area (Å²) in [5.41, 5.74) is 1.12. The van der Waals surface area contributed by atoms with Gasteiger partial charge in [0.1, 0.15) is 9.71 Å². The maximum absolute atomic E-state index is 12.9. The first-order valence-corrected chi connectivity index (χ1v) is 13.8. The molecule has 1 aliphatic heterocycles. The molecule has 8 nitrogen and oxygen atoms in total. The first-order chi connectivity index (χ1) is 15.7. The highest BCUT2D eigenvalue weighted by Crippen LogP contribution is 2.37. The number of aromatic nitrogens is 1. The van der Waals surface area contributed by atoms with Crippen LogP contribution in [0.1, 0.15) is 52.3 Å². The number of aryl methyl sites for hydroxylation is 1. The molecule has 1 aliphatic rings. The molecule has 1 amide bonds. The van der Waals surface area contributed by atoms with E-state index in [1.165, 1.54) is 51.2 Å². The molecule has 3 heterocycles. The number of nitrogens with one attached hydrogen (secondary N) is 1. The van der Waals surface area contributed by atoms with Crippen LogP contribution in [-0.2, 0) is 14.8 Å². The van der Waals surface area contributed by atoms with Gasteiger partial charge in [0.05, 0.1) is 16.2 Å². The van der Waals surface area contributed by atoms with E-state index in [2.05, 4.69) is 17.2 Å². The van der Waals surface area contributed by atoms with E-state index in [0.29, 0.717) is 46.0 Å². The van der Waals surface area contributed by atoms with E-state index in [1.54, 1.807) is 6.92 Å². The molecule has 33 heavy (non-hydrogen) atoms. The van der Waals surface area contributed by atoms with Gasteiger partial charge in [-0.3, -0.25) is 10.1 Å². The summed E-state index contributed by atoms with van der Waals surface area (Å²) in [5, 5.41) is 3.18. The predicted molar refractivity (Wildman–Crippen MR) is 130 cm³/mol. The Balaban J connectivity index is 1.46. The second-order valence-corrected chi connectivity index (χ2v) is 11.9. The Morgan fingerprint density at radius 2 is 1.85 bits per heavy atom. The molecule has 0 atom stereocenters. The Hall–Kier alpha value is -2.34. The van der Waals surface area contributed by atoms with Crippen LogP contribution in [0.15, 0.2) is 29.2 Å². The van der Waals surface area contributed by atoms with Crippen LogP contribution in [0.25, 0.3) is 9.53 Å². The second kappa shape index (κ2) is 9.49. The number of ether oxygens (including phenoxy) is 1. The van der Waals surface area contributed by atoms with Crippen molar-refractivity contribution in [2.24, 2.45) is 5.92 Å². The number of rotatable bonds is 6. The number of hydrogen-bond acceptors (Lipinski definition) is 8. The van der Waals surface area contributed by atoms with Gasteiger partial charge in [-0.05, 0) is 62.4 Å². The number of fused-ring (bicyclic) bond motifs is 1. The fraction of sp³-hybridized carbons (Fsp3) is 0.409. The minimum atomic E-state index is -3.56. The molecule has 0 bridgehead atoms. The molecule has 2 aromatic heterocycles. The number of benzene rings is 1. The van der Waals surface area contributed by atoms with E-state index in [9.17, 15) is 18.0 Å². The molecule has 0 saturated carbocycles. The Morgan fingerprint density at radius 3 is 2.45 bits per heavy atom. The average Bonchev–Trinajstić information content (AvgIpc) is 3.32. The van der Waals surface area contributed by atoms with Crippen molar-refractivity contribution < 1.29 is 22.7 Å². The summed E-state index contributed by atoms with van der Waals surface area (Å²) in [6, 6.07) is 5.96. The van der Waals surface area contributed by atoms with Gasteiger partial charge in [0.25, 0.3) is 5.91 Å². The van der Waals surface area contributed by atoms with E-state index in [4.69, 9.17) is 4.74 Å². The van der Waals surface area contributed by atoms with Gasteiger partial charge >= 0.3 is 5.97 Å². The van der Waals surface area contributed by atoms with Crippen molar-refractivity contribution in [3.05, 3.63) is 40.3 Å². The average molecular weight is 508 g/mol. The number of anilines is 1. The number of piperidine rings is 1. The maximum atomic E-state index is 12.9. The van der Waals surface area contributed by atoms with Gasteiger partial charge in [0, 0.05) is 18.7 Å². The summed E-state index contributed by atoms with van der Waals surface area (Å²) in [7, 11) is -3.56. The number of carbonyl (C=O) groups is 2. The van der Waals surface area contributed by atoms with Crippen molar-refractivity contribution in [2.45, 2.75) is 38.5 Å². The lowest BCUT2D eigenvalue weighted by Gasteiger charge is -2.29. The van der Waals surface area contributed by atoms with Gasteiger partial charge in [-0.15, -0.1) is 11.3 Å².